The first-order chi connectivity index (χ1) is 8.70. The normalized spacial score (nSPS) is 15.2. The van der Waals surface area contributed by atoms with Crippen LogP contribution in [-0.4, -0.2) is 25.1 Å². The van der Waals surface area contributed by atoms with Gasteiger partial charge in [0.15, 0.2) is 6.10 Å². The number of carbonyl (C=O) groups excluding carboxylic acids is 1. The van der Waals surface area contributed by atoms with Crippen LogP contribution >= 0.6 is 0 Å². The predicted molar refractivity (Wildman–Crippen MR) is 72.0 cm³/mol. The van der Waals surface area contributed by atoms with Gasteiger partial charge in [-0.25, -0.2) is 0 Å². The molecule has 98 valence electrons. The summed E-state index contributed by atoms with van der Waals surface area (Å²) in [5, 5.41) is 6.10. The Labute approximate surface area is 108 Å². The van der Waals surface area contributed by atoms with Gasteiger partial charge in [0.1, 0.15) is 5.75 Å². The number of hydrogen-bond donors (Lipinski definition) is 2. The Morgan fingerprint density at radius 3 is 3.17 bits per heavy atom. The minimum Gasteiger partial charge on any atom is -0.481 e. The van der Waals surface area contributed by atoms with Gasteiger partial charge < -0.3 is 15.4 Å². The summed E-state index contributed by atoms with van der Waals surface area (Å²) in [4.78, 5) is 11.6. The van der Waals surface area contributed by atoms with Crippen molar-refractivity contribution in [1.82, 2.24) is 5.32 Å². The highest BCUT2D eigenvalue weighted by molar-refractivity contribution is 5.80. The fourth-order valence-corrected chi connectivity index (χ4v) is 2.09. The van der Waals surface area contributed by atoms with Gasteiger partial charge in [0.25, 0.3) is 5.91 Å². The number of ether oxygens (including phenoxy) is 1. The van der Waals surface area contributed by atoms with E-state index in [0.717, 1.165) is 24.4 Å². The Kier molecular flexibility index (Phi) is 4.07. The highest BCUT2D eigenvalue weighted by Gasteiger charge is 2.15. The van der Waals surface area contributed by atoms with Gasteiger partial charge in [0.2, 0.25) is 0 Å². The number of carbonyl (C=O) groups is 1. The smallest absolute Gasteiger partial charge is 0.260 e. The van der Waals surface area contributed by atoms with E-state index in [2.05, 4.69) is 16.7 Å². The maximum Gasteiger partial charge on any atom is 0.260 e. The van der Waals surface area contributed by atoms with E-state index in [1.807, 2.05) is 19.1 Å². The predicted octanol–water partition coefficient (Wildman–Crippen LogP) is 1.95. The van der Waals surface area contributed by atoms with Crippen LogP contribution in [0.15, 0.2) is 18.2 Å². The Balaban J connectivity index is 2.03. The van der Waals surface area contributed by atoms with Crippen LogP contribution in [0.1, 0.15) is 25.8 Å². The number of nitrogens with one attached hydrogen (secondary N) is 2. The zero-order valence-electron chi connectivity index (χ0n) is 11.0. The molecule has 2 N–H and O–H groups in total. The van der Waals surface area contributed by atoms with E-state index in [9.17, 15) is 4.79 Å². The molecule has 0 aromatic heterocycles. The van der Waals surface area contributed by atoms with Crippen LogP contribution < -0.4 is 15.4 Å². The Bertz CT molecular complexity index is 432. The van der Waals surface area contributed by atoms with Crippen molar-refractivity contribution in [3.05, 3.63) is 23.8 Å². The molecule has 1 aromatic rings. The monoisotopic (exact) mass is 248 g/mol. The minimum absolute atomic E-state index is 0.0804. The van der Waals surface area contributed by atoms with Crippen molar-refractivity contribution in [2.24, 2.45) is 0 Å². The van der Waals surface area contributed by atoms with Crippen molar-refractivity contribution < 1.29 is 9.53 Å². The molecule has 0 radical (unpaired) electrons. The fourth-order valence-electron chi connectivity index (χ4n) is 2.09. The van der Waals surface area contributed by atoms with Crippen molar-refractivity contribution in [1.29, 1.82) is 0 Å². The topological polar surface area (TPSA) is 50.4 Å². The number of amides is 1. The summed E-state index contributed by atoms with van der Waals surface area (Å²) in [5.74, 6) is 0.657. The number of fused-ring (bicyclic) bond motifs is 1. The van der Waals surface area contributed by atoms with E-state index >= 15 is 0 Å². The molecule has 1 atom stereocenters. The first kappa shape index (κ1) is 12.7. The third-order valence-electron chi connectivity index (χ3n) is 3.05. The lowest BCUT2D eigenvalue weighted by atomic mass is 10.0. The zero-order chi connectivity index (χ0) is 13.0. The molecule has 1 aliphatic heterocycles. The molecule has 4 heteroatoms. The maximum absolute atomic E-state index is 11.6. The van der Waals surface area contributed by atoms with Crippen LogP contribution in [0.3, 0.4) is 0 Å². The average molecular weight is 248 g/mol. The molecule has 1 heterocycles. The zero-order valence-corrected chi connectivity index (χ0v) is 11.0. The molecular formula is C14H20N2O2. The summed E-state index contributed by atoms with van der Waals surface area (Å²) in [6.07, 6.45) is 1.81. The summed E-state index contributed by atoms with van der Waals surface area (Å²) in [7, 11) is 0. The van der Waals surface area contributed by atoms with Crippen molar-refractivity contribution >= 4 is 11.6 Å². The van der Waals surface area contributed by atoms with Gasteiger partial charge in [-0.1, -0.05) is 6.07 Å². The highest BCUT2D eigenvalue weighted by Crippen LogP contribution is 2.27. The third-order valence-corrected chi connectivity index (χ3v) is 3.05. The molecule has 0 spiro atoms. The van der Waals surface area contributed by atoms with Gasteiger partial charge in [-0.15, -0.1) is 0 Å². The lowest BCUT2D eigenvalue weighted by Crippen LogP contribution is -2.36. The number of hydrogen-bond acceptors (Lipinski definition) is 3. The molecule has 1 aliphatic rings. The number of aryl methyl sites for hydroxylation is 1. The summed E-state index contributed by atoms with van der Waals surface area (Å²) in [6.45, 7) is 5.28. The van der Waals surface area contributed by atoms with Gasteiger partial charge in [0.05, 0.1) is 0 Å². The van der Waals surface area contributed by atoms with Crippen molar-refractivity contribution in [3.63, 3.8) is 0 Å². The number of anilines is 1. The SMILES string of the molecule is CCNC(=O)C(C)Oc1ccc2c(c1)NCCC2. The average Bonchev–Trinajstić information content (AvgIpc) is 2.39. The first-order valence-electron chi connectivity index (χ1n) is 6.52. The van der Waals surface area contributed by atoms with Crippen LogP contribution in [0, 0.1) is 0 Å². The first-order valence-corrected chi connectivity index (χ1v) is 6.52. The number of rotatable bonds is 4. The van der Waals surface area contributed by atoms with E-state index in [0.29, 0.717) is 6.54 Å². The molecule has 0 saturated carbocycles. The van der Waals surface area contributed by atoms with Crippen LogP contribution in [-0.2, 0) is 11.2 Å². The van der Waals surface area contributed by atoms with Gasteiger partial charge in [0, 0.05) is 24.8 Å². The standard InChI is InChI=1S/C14H20N2O2/c1-3-15-14(17)10(2)18-12-7-6-11-5-4-8-16-13(11)9-12/h6-7,9-10,16H,3-5,8H2,1-2H3,(H,15,17). The quantitative estimate of drug-likeness (QED) is 0.856. The number of benzene rings is 1. The van der Waals surface area contributed by atoms with E-state index in [-0.39, 0.29) is 5.91 Å². The summed E-state index contributed by atoms with van der Waals surface area (Å²) >= 11 is 0. The van der Waals surface area contributed by atoms with Crippen LogP contribution in [0.2, 0.25) is 0 Å². The third kappa shape index (κ3) is 2.94. The minimum atomic E-state index is -0.466. The molecule has 4 nitrogen and oxygen atoms in total. The highest BCUT2D eigenvalue weighted by atomic mass is 16.5. The molecule has 0 aliphatic carbocycles. The lowest BCUT2D eigenvalue weighted by Gasteiger charge is -2.20. The summed E-state index contributed by atoms with van der Waals surface area (Å²) < 4.78 is 5.64. The van der Waals surface area contributed by atoms with Crippen molar-refractivity contribution in [2.75, 3.05) is 18.4 Å². The van der Waals surface area contributed by atoms with E-state index in [1.165, 1.54) is 12.0 Å². The molecule has 0 fully saturated rings. The van der Waals surface area contributed by atoms with Crippen molar-refractivity contribution in [2.45, 2.75) is 32.8 Å². The summed E-state index contributed by atoms with van der Waals surface area (Å²) in [5.41, 5.74) is 2.45. The maximum atomic E-state index is 11.6. The van der Waals surface area contributed by atoms with Gasteiger partial charge in [-0.3, -0.25) is 4.79 Å². The second-order valence-corrected chi connectivity index (χ2v) is 4.50. The van der Waals surface area contributed by atoms with E-state index < -0.39 is 6.10 Å². The molecule has 0 bridgehead atoms. The molecule has 1 aromatic carbocycles. The molecule has 1 amide bonds. The fraction of sp³-hybridized carbons (Fsp3) is 0.500. The molecular weight excluding hydrogens is 228 g/mol. The van der Waals surface area contributed by atoms with Gasteiger partial charge >= 0.3 is 0 Å². The van der Waals surface area contributed by atoms with Crippen molar-refractivity contribution in [3.8, 4) is 5.75 Å². The molecule has 0 saturated heterocycles. The molecule has 1 unspecified atom stereocenters. The second kappa shape index (κ2) is 5.76. The number of likely N-dealkylation sites (N-methyl/N-ethyl adjacent to an activating group) is 1. The summed E-state index contributed by atoms with van der Waals surface area (Å²) in [6, 6.07) is 5.98. The Hall–Kier alpha value is -1.71. The molecule has 18 heavy (non-hydrogen) atoms. The Morgan fingerprint density at radius 1 is 1.56 bits per heavy atom. The van der Waals surface area contributed by atoms with Crippen LogP contribution in [0.4, 0.5) is 5.69 Å². The van der Waals surface area contributed by atoms with E-state index in [1.54, 1.807) is 6.92 Å². The second-order valence-electron chi connectivity index (χ2n) is 4.50. The Morgan fingerprint density at radius 2 is 2.39 bits per heavy atom. The van der Waals surface area contributed by atoms with Crippen LogP contribution in [0.5, 0.6) is 5.75 Å². The lowest BCUT2D eigenvalue weighted by molar-refractivity contribution is -0.127. The van der Waals surface area contributed by atoms with Gasteiger partial charge in [-0.05, 0) is 38.3 Å². The largest absolute Gasteiger partial charge is 0.481 e. The van der Waals surface area contributed by atoms with E-state index in [4.69, 9.17) is 4.74 Å². The van der Waals surface area contributed by atoms with Crippen LogP contribution in [0.25, 0.3) is 0 Å². The molecule has 2 rings (SSSR count). The van der Waals surface area contributed by atoms with Gasteiger partial charge in [-0.2, -0.15) is 0 Å².